The third-order valence-electron chi connectivity index (χ3n) is 6.28. The van der Waals surface area contributed by atoms with Crippen LogP contribution in [-0.2, 0) is 0 Å². The van der Waals surface area contributed by atoms with Gasteiger partial charge in [-0.15, -0.1) is 24.8 Å². The van der Waals surface area contributed by atoms with Gasteiger partial charge in [-0.25, -0.2) is 0 Å². The number of aliphatic hydroxyl groups excluding tert-OH is 1. The van der Waals surface area contributed by atoms with Crippen molar-refractivity contribution in [1.29, 1.82) is 0 Å². The number of hydrogen-bond acceptors (Lipinski definition) is 3. The van der Waals surface area contributed by atoms with Crippen LogP contribution in [-0.4, -0.2) is 41.8 Å². The van der Waals surface area contributed by atoms with Gasteiger partial charge in [0.2, 0.25) is 0 Å². The average Bonchev–Trinajstić information content (AvgIpc) is 3.05. The summed E-state index contributed by atoms with van der Waals surface area (Å²) in [4.78, 5) is 2.51. The van der Waals surface area contributed by atoms with Crippen molar-refractivity contribution in [3.8, 4) is 0 Å². The first-order valence-corrected chi connectivity index (χ1v) is 9.86. The maximum Gasteiger partial charge on any atom is 0.0574 e. The van der Waals surface area contributed by atoms with E-state index in [1.807, 2.05) is 0 Å². The maximum atomic E-state index is 10.8. The van der Waals surface area contributed by atoms with Crippen LogP contribution in [0, 0.1) is 5.92 Å². The van der Waals surface area contributed by atoms with E-state index in [1.54, 1.807) is 0 Å². The minimum absolute atomic E-state index is 0. The molecule has 4 atom stereocenters. The average molecular weight is 411 g/mol. The van der Waals surface area contributed by atoms with E-state index in [1.165, 1.54) is 22.8 Å². The minimum atomic E-state index is -0.172. The fourth-order valence-electron chi connectivity index (χ4n) is 4.95. The predicted molar refractivity (Wildman–Crippen MR) is 118 cm³/mol. The monoisotopic (exact) mass is 410 g/mol. The molecule has 3 unspecified atom stereocenters. The zero-order chi connectivity index (χ0) is 17.2. The number of rotatable bonds is 4. The van der Waals surface area contributed by atoms with Crippen LogP contribution in [0.15, 0.2) is 42.5 Å². The molecule has 3 N–H and O–H groups in total. The molecule has 150 valence electrons. The van der Waals surface area contributed by atoms with Crippen molar-refractivity contribution in [1.82, 2.24) is 4.90 Å². The van der Waals surface area contributed by atoms with Gasteiger partial charge in [-0.05, 0) is 48.1 Å². The molecule has 3 nitrogen and oxygen atoms in total. The van der Waals surface area contributed by atoms with Crippen LogP contribution in [0.5, 0.6) is 0 Å². The van der Waals surface area contributed by atoms with Gasteiger partial charge < -0.3 is 15.7 Å². The van der Waals surface area contributed by atoms with Crippen LogP contribution < -0.4 is 5.73 Å². The Morgan fingerprint density at radius 1 is 1.00 bits per heavy atom. The number of nitrogens with zero attached hydrogens (tertiary/aromatic N) is 1. The van der Waals surface area contributed by atoms with E-state index >= 15 is 0 Å². The lowest BCUT2D eigenvalue weighted by Gasteiger charge is -2.37. The number of hydrogen-bond donors (Lipinski definition) is 2. The lowest BCUT2D eigenvalue weighted by Crippen LogP contribution is -2.37. The largest absolute Gasteiger partial charge is 0.393 e. The first-order chi connectivity index (χ1) is 12.2. The first-order valence-electron chi connectivity index (χ1n) is 9.86. The Balaban J connectivity index is 0.00000131. The summed E-state index contributed by atoms with van der Waals surface area (Å²) in [6.07, 6.45) is 5.40. The Hall–Kier alpha value is -0.840. The molecule has 2 aliphatic rings. The van der Waals surface area contributed by atoms with Crippen molar-refractivity contribution in [2.24, 2.45) is 11.7 Å². The van der Waals surface area contributed by atoms with E-state index < -0.39 is 0 Å². The summed E-state index contributed by atoms with van der Waals surface area (Å²) in [5.41, 5.74) is 7.55. The Bertz CT molecular complexity index is 721. The molecule has 5 heteroatoms. The van der Waals surface area contributed by atoms with Crippen LogP contribution >= 0.6 is 24.8 Å². The fourth-order valence-corrected chi connectivity index (χ4v) is 4.95. The van der Waals surface area contributed by atoms with Crippen LogP contribution in [0.1, 0.15) is 43.6 Å². The standard InChI is InChI=1S/C22H30N2O.2ClH/c23-17-12-13-24(14-17)15-21(20-9-3-4-11-22(20)25)19-10-5-7-16-6-1-2-8-18(16)19;;/h1-2,5-8,10,17,20-22,25H,3-4,9,11-15,23H2;2*1H/t17-,20?,21?,22?;;/m1../s1. The van der Waals surface area contributed by atoms with E-state index in [9.17, 15) is 5.11 Å². The SMILES string of the molecule is Cl.Cl.N[C@@H]1CCN(CC(c2cccc3ccccc23)C2CCCCC2O)C1. The Labute approximate surface area is 175 Å². The molecule has 0 aromatic heterocycles. The van der Waals surface area contributed by atoms with Gasteiger partial charge in [-0.2, -0.15) is 0 Å². The van der Waals surface area contributed by atoms with Crippen molar-refractivity contribution in [2.45, 2.75) is 50.2 Å². The third-order valence-corrected chi connectivity index (χ3v) is 6.28. The van der Waals surface area contributed by atoms with Crippen molar-refractivity contribution >= 4 is 35.6 Å². The summed E-state index contributed by atoms with van der Waals surface area (Å²) in [7, 11) is 0. The number of aliphatic hydroxyl groups is 1. The molecule has 1 heterocycles. The Kier molecular flexibility index (Phi) is 8.39. The molecule has 27 heavy (non-hydrogen) atoms. The first kappa shape index (κ1) is 22.4. The van der Waals surface area contributed by atoms with Crippen LogP contribution in [0.25, 0.3) is 10.8 Å². The molecule has 4 rings (SSSR count). The van der Waals surface area contributed by atoms with E-state index in [-0.39, 0.29) is 30.9 Å². The molecule has 1 saturated heterocycles. The molecule has 0 amide bonds. The van der Waals surface area contributed by atoms with Gasteiger partial charge in [-0.3, -0.25) is 0 Å². The summed E-state index contributed by atoms with van der Waals surface area (Å²) in [6, 6.07) is 15.6. The molecule has 1 aliphatic carbocycles. The Morgan fingerprint density at radius 2 is 1.74 bits per heavy atom. The summed E-state index contributed by atoms with van der Waals surface area (Å²) >= 11 is 0. The zero-order valence-electron chi connectivity index (χ0n) is 15.8. The summed E-state index contributed by atoms with van der Waals surface area (Å²) in [6.45, 7) is 3.10. The molecule has 2 fully saturated rings. The molecule has 1 aliphatic heterocycles. The molecule has 1 saturated carbocycles. The van der Waals surface area contributed by atoms with Crippen LogP contribution in [0.4, 0.5) is 0 Å². The van der Waals surface area contributed by atoms with Gasteiger partial charge in [0.05, 0.1) is 6.10 Å². The Morgan fingerprint density at radius 3 is 2.48 bits per heavy atom. The van der Waals surface area contributed by atoms with E-state index in [0.717, 1.165) is 45.3 Å². The predicted octanol–water partition coefficient (Wildman–Crippen LogP) is 4.35. The fraction of sp³-hybridized carbons (Fsp3) is 0.545. The highest BCUT2D eigenvalue weighted by Gasteiger charge is 2.34. The van der Waals surface area contributed by atoms with Gasteiger partial charge in [0.1, 0.15) is 0 Å². The van der Waals surface area contributed by atoms with Gasteiger partial charge in [-0.1, -0.05) is 55.3 Å². The van der Waals surface area contributed by atoms with Gasteiger partial charge >= 0.3 is 0 Å². The number of fused-ring (bicyclic) bond motifs is 1. The summed E-state index contributed by atoms with van der Waals surface area (Å²) < 4.78 is 0. The topological polar surface area (TPSA) is 49.5 Å². The highest BCUT2D eigenvalue weighted by molar-refractivity contribution is 5.86. The van der Waals surface area contributed by atoms with E-state index in [2.05, 4.69) is 47.4 Å². The van der Waals surface area contributed by atoms with Crippen LogP contribution in [0.3, 0.4) is 0 Å². The van der Waals surface area contributed by atoms with E-state index in [0.29, 0.717) is 17.9 Å². The highest BCUT2D eigenvalue weighted by Crippen LogP contribution is 2.39. The molecule has 0 bridgehead atoms. The summed E-state index contributed by atoms with van der Waals surface area (Å²) in [5.74, 6) is 0.739. The second kappa shape index (κ2) is 10.1. The van der Waals surface area contributed by atoms with Crippen molar-refractivity contribution in [3.63, 3.8) is 0 Å². The van der Waals surface area contributed by atoms with Gasteiger partial charge in [0, 0.05) is 25.0 Å². The lowest BCUT2D eigenvalue weighted by molar-refractivity contribution is 0.0479. The maximum absolute atomic E-state index is 10.8. The van der Waals surface area contributed by atoms with E-state index in [4.69, 9.17) is 5.73 Å². The molecule has 2 aromatic carbocycles. The van der Waals surface area contributed by atoms with Gasteiger partial charge in [0.15, 0.2) is 0 Å². The lowest BCUT2D eigenvalue weighted by atomic mass is 9.74. The normalized spacial score (nSPS) is 27.0. The third kappa shape index (κ3) is 4.96. The number of likely N-dealkylation sites (tertiary alicyclic amines) is 1. The quantitative estimate of drug-likeness (QED) is 0.787. The molecule has 0 radical (unpaired) electrons. The second-order valence-electron chi connectivity index (χ2n) is 8.00. The summed E-state index contributed by atoms with van der Waals surface area (Å²) in [5, 5.41) is 13.4. The number of benzene rings is 2. The smallest absolute Gasteiger partial charge is 0.0574 e. The van der Waals surface area contributed by atoms with Gasteiger partial charge in [0.25, 0.3) is 0 Å². The second-order valence-corrected chi connectivity index (χ2v) is 8.00. The zero-order valence-corrected chi connectivity index (χ0v) is 17.4. The molecule has 2 aromatic rings. The molecular formula is C22H32Cl2N2O. The van der Waals surface area contributed by atoms with Crippen molar-refractivity contribution in [2.75, 3.05) is 19.6 Å². The van der Waals surface area contributed by atoms with Crippen LogP contribution in [0.2, 0.25) is 0 Å². The molecular weight excluding hydrogens is 379 g/mol. The number of nitrogens with two attached hydrogens (primary N) is 1. The molecule has 0 spiro atoms. The minimum Gasteiger partial charge on any atom is -0.393 e. The number of halogens is 2. The van der Waals surface area contributed by atoms with Crippen molar-refractivity contribution < 1.29 is 5.11 Å². The highest BCUT2D eigenvalue weighted by atomic mass is 35.5. The van der Waals surface area contributed by atoms with Crippen molar-refractivity contribution in [3.05, 3.63) is 48.0 Å².